The maximum absolute atomic E-state index is 11.9. The normalized spacial score (nSPS) is 21.3. The Morgan fingerprint density at radius 3 is 2.70 bits per heavy atom. The Hall–Kier alpha value is -1.50. The first-order valence-corrected chi connectivity index (χ1v) is 7.87. The lowest BCUT2D eigenvalue weighted by molar-refractivity contribution is -0.125. The van der Waals surface area contributed by atoms with E-state index in [-0.39, 0.29) is 24.3 Å². The molecule has 0 radical (unpaired) electrons. The van der Waals surface area contributed by atoms with Crippen LogP contribution < -0.4 is 14.8 Å². The molecule has 1 aliphatic rings. The molecule has 23 heavy (non-hydrogen) atoms. The average Bonchev–Trinajstić information content (AvgIpc) is 2.98. The maximum atomic E-state index is 11.9. The fraction of sp³-hybridized carbons (Fsp3) is 0.562. The van der Waals surface area contributed by atoms with E-state index in [9.17, 15) is 9.90 Å². The van der Waals surface area contributed by atoms with Crippen molar-refractivity contribution >= 4 is 17.5 Å². The van der Waals surface area contributed by atoms with Gasteiger partial charge in [-0.05, 0) is 11.6 Å². The molecule has 7 heteroatoms. The van der Waals surface area contributed by atoms with Gasteiger partial charge in [0.25, 0.3) is 0 Å². The summed E-state index contributed by atoms with van der Waals surface area (Å²) in [7, 11) is 4.73. The van der Waals surface area contributed by atoms with E-state index >= 15 is 0 Å². The van der Waals surface area contributed by atoms with Gasteiger partial charge in [0, 0.05) is 39.2 Å². The largest absolute Gasteiger partial charge is 0.493 e. The van der Waals surface area contributed by atoms with E-state index in [0.717, 1.165) is 5.56 Å². The summed E-state index contributed by atoms with van der Waals surface area (Å²) < 4.78 is 10.5. The molecule has 0 saturated carbocycles. The summed E-state index contributed by atoms with van der Waals surface area (Å²) in [5.74, 6) is 0.786. The molecule has 1 amide bonds. The monoisotopic (exact) mass is 342 g/mol. The highest BCUT2D eigenvalue weighted by atomic mass is 35.5. The Labute approximate surface area is 141 Å². The number of aliphatic hydroxyl groups excluding tert-OH is 1. The van der Waals surface area contributed by atoms with Crippen molar-refractivity contribution in [1.29, 1.82) is 0 Å². The van der Waals surface area contributed by atoms with Gasteiger partial charge < -0.3 is 19.9 Å². The van der Waals surface area contributed by atoms with Crippen LogP contribution in [-0.4, -0.2) is 56.9 Å². The maximum Gasteiger partial charge on any atom is 0.224 e. The van der Waals surface area contributed by atoms with Crippen LogP contribution in [0, 0.1) is 11.8 Å². The van der Waals surface area contributed by atoms with Crippen molar-refractivity contribution in [2.24, 2.45) is 11.8 Å². The molecule has 2 N–H and O–H groups in total. The van der Waals surface area contributed by atoms with Crippen LogP contribution in [0.3, 0.4) is 0 Å². The van der Waals surface area contributed by atoms with E-state index in [2.05, 4.69) is 10.2 Å². The van der Waals surface area contributed by atoms with Crippen molar-refractivity contribution in [1.82, 2.24) is 10.2 Å². The van der Waals surface area contributed by atoms with Gasteiger partial charge in [-0.2, -0.15) is 0 Å². The predicted molar refractivity (Wildman–Crippen MR) is 88.0 cm³/mol. The number of methoxy groups -OCH3 is 2. The van der Waals surface area contributed by atoms with Crippen molar-refractivity contribution in [2.75, 3.05) is 41.0 Å². The Balaban J connectivity index is 2.15. The number of amides is 1. The first kappa shape index (κ1) is 17.8. The van der Waals surface area contributed by atoms with Gasteiger partial charge in [0.05, 0.1) is 25.2 Å². The Bertz CT molecular complexity index is 567. The molecule has 1 aliphatic heterocycles. The molecule has 0 bridgehead atoms. The summed E-state index contributed by atoms with van der Waals surface area (Å²) in [4.78, 5) is 14.0. The first-order valence-electron chi connectivity index (χ1n) is 7.49. The Morgan fingerprint density at radius 2 is 2.13 bits per heavy atom. The van der Waals surface area contributed by atoms with Crippen LogP contribution in [0.2, 0.25) is 5.02 Å². The lowest BCUT2D eigenvalue weighted by atomic mass is 9.96. The van der Waals surface area contributed by atoms with Gasteiger partial charge in [0.1, 0.15) is 0 Å². The molecular formula is C16H23ClN2O4. The number of halogens is 1. The predicted octanol–water partition coefficient (Wildman–Crippen LogP) is 1.14. The third kappa shape index (κ3) is 3.71. The van der Waals surface area contributed by atoms with Gasteiger partial charge in [-0.3, -0.25) is 9.69 Å². The molecule has 0 spiro atoms. The van der Waals surface area contributed by atoms with E-state index in [0.29, 0.717) is 36.2 Å². The SMILES string of the molecule is CNC(=O)[C@@H]1CN(Cc2ccc(OC)c(OC)c2Cl)C[C@H]1CO. The highest BCUT2D eigenvalue weighted by Crippen LogP contribution is 2.38. The van der Waals surface area contributed by atoms with Crippen molar-refractivity contribution in [2.45, 2.75) is 6.54 Å². The Kier molecular flexibility index (Phi) is 6.10. The molecule has 1 heterocycles. The standard InChI is InChI=1S/C16H23ClN2O4/c1-18-16(21)12-8-19(7-11(12)9-20)6-10-4-5-13(22-2)15(23-3)14(10)17/h4-5,11-12,20H,6-9H2,1-3H3,(H,18,21)/t11-,12+/m0/s1. The number of nitrogens with one attached hydrogen (secondary N) is 1. The molecule has 1 aromatic carbocycles. The number of ether oxygens (including phenoxy) is 2. The molecular weight excluding hydrogens is 320 g/mol. The zero-order valence-electron chi connectivity index (χ0n) is 13.6. The number of aliphatic hydroxyl groups is 1. The lowest BCUT2D eigenvalue weighted by Gasteiger charge is -2.18. The number of carbonyl (C=O) groups excluding carboxylic acids is 1. The second-order valence-electron chi connectivity index (χ2n) is 5.63. The summed E-state index contributed by atoms with van der Waals surface area (Å²) in [6.45, 7) is 1.83. The molecule has 1 fully saturated rings. The second-order valence-corrected chi connectivity index (χ2v) is 6.01. The lowest BCUT2D eigenvalue weighted by Crippen LogP contribution is -2.33. The molecule has 2 atom stereocenters. The summed E-state index contributed by atoms with van der Waals surface area (Å²) >= 11 is 6.41. The van der Waals surface area contributed by atoms with E-state index in [1.807, 2.05) is 12.1 Å². The smallest absolute Gasteiger partial charge is 0.224 e. The van der Waals surface area contributed by atoms with E-state index in [4.69, 9.17) is 21.1 Å². The zero-order valence-corrected chi connectivity index (χ0v) is 14.4. The van der Waals surface area contributed by atoms with Crippen LogP contribution in [0.25, 0.3) is 0 Å². The van der Waals surface area contributed by atoms with Gasteiger partial charge in [-0.25, -0.2) is 0 Å². The van der Waals surface area contributed by atoms with Crippen molar-refractivity contribution in [3.8, 4) is 11.5 Å². The summed E-state index contributed by atoms with van der Waals surface area (Å²) in [6.07, 6.45) is 0. The topological polar surface area (TPSA) is 71.0 Å². The molecule has 0 unspecified atom stereocenters. The van der Waals surface area contributed by atoms with E-state index < -0.39 is 0 Å². The second kappa shape index (κ2) is 7.86. The third-order valence-corrected chi connectivity index (χ3v) is 4.71. The number of nitrogens with zero attached hydrogens (tertiary/aromatic N) is 1. The number of benzene rings is 1. The van der Waals surface area contributed by atoms with E-state index in [1.165, 1.54) is 0 Å². The summed E-state index contributed by atoms with van der Waals surface area (Å²) in [5, 5.41) is 12.7. The van der Waals surface area contributed by atoms with Crippen LogP contribution in [-0.2, 0) is 11.3 Å². The molecule has 0 aromatic heterocycles. The quantitative estimate of drug-likeness (QED) is 0.811. The number of likely N-dealkylation sites (tertiary alicyclic amines) is 1. The first-order chi connectivity index (χ1) is 11.0. The molecule has 128 valence electrons. The summed E-state index contributed by atoms with van der Waals surface area (Å²) in [6, 6.07) is 3.71. The van der Waals surface area contributed by atoms with Crippen LogP contribution in [0.1, 0.15) is 5.56 Å². The highest BCUT2D eigenvalue weighted by molar-refractivity contribution is 6.33. The minimum Gasteiger partial charge on any atom is -0.493 e. The molecule has 1 aromatic rings. The minimum absolute atomic E-state index is 0.00570. The number of carbonyl (C=O) groups is 1. The van der Waals surface area contributed by atoms with Crippen LogP contribution in [0.4, 0.5) is 0 Å². The fourth-order valence-electron chi connectivity index (χ4n) is 3.05. The Morgan fingerprint density at radius 1 is 1.39 bits per heavy atom. The molecule has 0 aliphatic carbocycles. The number of rotatable bonds is 6. The number of hydrogen-bond donors (Lipinski definition) is 2. The van der Waals surface area contributed by atoms with E-state index in [1.54, 1.807) is 21.3 Å². The third-order valence-electron chi connectivity index (χ3n) is 4.29. The highest BCUT2D eigenvalue weighted by Gasteiger charge is 2.36. The molecule has 6 nitrogen and oxygen atoms in total. The van der Waals surface area contributed by atoms with Crippen LogP contribution in [0.5, 0.6) is 11.5 Å². The van der Waals surface area contributed by atoms with Crippen molar-refractivity contribution in [3.05, 3.63) is 22.7 Å². The van der Waals surface area contributed by atoms with Gasteiger partial charge in [-0.15, -0.1) is 0 Å². The van der Waals surface area contributed by atoms with Crippen molar-refractivity contribution in [3.63, 3.8) is 0 Å². The molecule has 1 saturated heterocycles. The van der Waals surface area contributed by atoms with Crippen LogP contribution in [0.15, 0.2) is 12.1 Å². The molecule has 2 rings (SSSR count). The zero-order chi connectivity index (χ0) is 17.0. The summed E-state index contributed by atoms with van der Waals surface area (Å²) in [5.41, 5.74) is 0.901. The fourth-order valence-corrected chi connectivity index (χ4v) is 3.34. The van der Waals surface area contributed by atoms with Crippen molar-refractivity contribution < 1.29 is 19.4 Å². The minimum atomic E-state index is -0.205. The van der Waals surface area contributed by atoms with Gasteiger partial charge in [0.15, 0.2) is 11.5 Å². The van der Waals surface area contributed by atoms with Gasteiger partial charge in [-0.1, -0.05) is 17.7 Å². The van der Waals surface area contributed by atoms with Gasteiger partial charge >= 0.3 is 0 Å². The van der Waals surface area contributed by atoms with Crippen LogP contribution >= 0.6 is 11.6 Å². The number of hydrogen-bond acceptors (Lipinski definition) is 5. The average molecular weight is 343 g/mol. The van der Waals surface area contributed by atoms with Gasteiger partial charge in [0.2, 0.25) is 5.91 Å².